The number of β-amino-alcohol motifs (C(OH)–C–C–N with tert-alkyl or cyclic N) is 1. The van der Waals surface area contributed by atoms with Crippen LogP contribution >= 0.6 is 0 Å². The molecular weight excluding hydrogens is 322 g/mol. The van der Waals surface area contributed by atoms with E-state index in [1.54, 1.807) is 15.8 Å². The van der Waals surface area contributed by atoms with Gasteiger partial charge >= 0.3 is 0 Å². The molecule has 1 amide bonds. The van der Waals surface area contributed by atoms with Gasteiger partial charge in [-0.3, -0.25) is 4.79 Å². The zero-order chi connectivity index (χ0) is 17.6. The number of hydrogen-bond acceptors (Lipinski definition) is 6. The van der Waals surface area contributed by atoms with Crippen molar-refractivity contribution >= 4 is 5.91 Å². The maximum Gasteiger partial charge on any atom is 0.276 e. The molecule has 2 aromatic heterocycles. The molecule has 3 heterocycles. The van der Waals surface area contributed by atoms with Gasteiger partial charge in [-0.05, 0) is 33.1 Å². The van der Waals surface area contributed by atoms with Crippen LogP contribution in [-0.2, 0) is 18.4 Å². The first-order valence-electron chi connectivity index (χ1n) is 8.89. The maximum atomic E-state index is 12.9. The first-order valence-corrected chi connectivity index (χ1v) is 8.89. The van der Waals surface area contributed by atoms with Gasteiger partial charge in [0.2, 0.25) is 0 Å². The highest BCUT2D eigenvalue weighted by atomic mass is 16.5. The number of likely N-dealkylation sites (tertiary alicyclic amines) is 1. The molecule has 1 fully saturated rings. The Bertz CT molecular complexity index is 796. The number of aryl methyl sites for hydroxylation is 1. The first kappa shape index (κ1) is 16.3. The van der Waals surface area contributed by atoms with E-state index in [9.17, 15) is 9.90 Å². The SMILES string of the molecule is CC(C)n1cc([C@@]2(O)CCN(C(=O)c3noc4c3CCCC4)C2)nn1. The maximum absolute atomic E-state index is 12.9. The summed E-state index contributed by atoms with van der Waals surface area (Å²) in [5.74, 6) is 0.669. The first-order chi connectivity index (χ1) is 12.0. The molecule has 0 saturated carbocycles. The fourth-order valence-corrected chi connectivity index (χ4v) is 3.62. The van der Waals surface area contributed by atoms with Crippen molar-refractivity contribution < 1.29 is 14.4 Å². The molecule has 2 aliphatic rings. The van der Waals surface area contributed by atoms with Gasteiger partial charge in [0.25, 0.3) is 5.91 Å². The van der Waals surface area contributed by atoms with Crippen molar-refractivity contribution in [2.45, 2.75) is 57.6 Å². The van der Waals surface area contributed by atoms with E-state index < -0.39 is 5.60 Å². The molecule has 0 radical (unpaired) electrons. The molecule has 1 N–H and O–H groups in total. The summed E-state index contributed by atoms with van der Waals surface area (Å²) >= 11 is 0. The topological polar surface area (TPSA) is 97.3 Å². The van der Waals surface area contributed by atoms with Crippen molar-refractivity contribution in [1.29, 1.82) is 0 Å². The molecule has 25 heavy (non-hydrogen) atoms. The van der Waals surface area contributed by atoms with E-state index in [2.05, 4.69) is 15.5 Å². The Morgan fingerprint density at radius 2 is 2.16 bits per heavy atom. The van der Waals surface area contributed by atoms with Crippen LogP contribution in [0.25, 0.3) is 0 Å². The quantitative estimate of drug-likeness (QED) is 0.904. The van der Waals surface area contributed by atoms with Gasteiger partial charge in [0.05, 0.1) is 12.7 Å². The minimum Gasteiger partial charge on any atom is -0.381 e. The minimum atomic E-state index is -1.16. The summed E-state index contributed by atoms with van der Waals surface area (Å²) in [5, 5.41) is 23.1. The number of rotatable bonds is 3. The normalized spacial score (nSPS) is 23.3. The second-order valence-corrected chi connectivity index (χ2v) is 7.33. The highest BCUT2D eigenvalue weighted by Crippen LogP contribution is 2.33. The minimum absolute atomic E-state index is 0.168. The van der Waals surface area contributed by atoms with Crippen molar-refractivity contribution in [2.24, 2.45) is 0 Å². The van der Waals surface area contributed by atoms with Crippen LogP contribution in [0.2, 0.25) is 0 Å². The van der Waals surface area contributed by atoms with E-state index in [0.29, 0.717) is 24.4 Å². The van der Waals surface area contributed by atoms with Crippen LogP contribution in [-0.4, -0.2) is 49.2 Å². The van der Waals surface area contributed by atoms with Crippen LogP contribution in [0.3, 0.4) is 0 Å². The van der Waals surface area contributed by atoms with Crippen LogP contribution in [0.5, 0.6) is 0 Å². The predicted molar refractivity (Wildman–Crippen MR) is 88.0 cm³/mol. The molecule has 1 aliphatic carbocycles. The number of nitrogens with zero attached hydrogens (tertiary/aromatic N) is 5. The number of aromatic nitrogens is 4. The molecule has 0 spiro atoms. The summed E-state index contributed by atoms with van der Waals surface area (Å²) in [6.45, 7) is 4.66. The molecule has 2 aromatic rings. The number of aliphatic hydroxyl groups is 1. The van der Waals surface area contributed by atoms with Crippen molar-refractivity contribution in [1.82, 2.24) is 25.1 Å². The lowest BCUT2D eigenvalue weighted by Crippen LogP contribution is -2.35. The molecule has 0 unspecified atom stereocenters. The van der Waals surface area contributed by atoms with E-state index >= 15 is 0 Å². The van der Waals surface area contributed by atoms with Crippen molar-refractivity contribution in [3.63, 3.8) is 0 Å². The molecule has 8 nitrogen and oxygen atoms in total. The number of carbonyl (C=O) groups excluding carboxylic acids is 1. The fraction of sp³-hybridized carbons (Fsp3) is 0.647. The smallest absolute Gasteiger partial charge is 0.276 e. The van der Waals surface area contributed by atoms with Crippen molar-refractivity contribution in [3.8, 4) is 0 Å². The van der Waals surface area contributed by atoms with Gasteiger partial charge in [-0.15, -0.1) is 5.10 Å². The van der Waals surface area contributed by atoms with Gasteiger partial charge in [0.15, 0.2) is 5.69 Å². The Balaban J connectivity index is 1.53. The average Bonchev–Trinajstić information content (AvgIpc) is 3.32. The summed E-state index contributed by atoms with van der Waals surface area (Å²) in [7, 11) is 0. The molecular formula is C17H23N5O3. The molecule has 0 aromatic carbocycles. The standard InChI is InChI=1S/C17H23N5O3/c1-11(2)22-9-14(18-20-22)17(24)7-8-21(10-17)16(23)15-12-5-3-4-6-13(12)25-19-15/h9,11,24H,3-8,10H2,1-2H3/t17-/m1/s1. The zero-order valence-electron chi connectivity index (χ0n) is 14.6. The Hall–Kier alpha value is -2.22. The van der Waals surface area contributed by atoms with Crippen LogP contribution in [0.4, 0.5) is 0 Å². The molecule has 1 aliphatic heterocycles. The Labute approximate surface area is 145 Å². The van der Waals surface area contributed by atoms with Gasteiger partial charge in [0, 0.05) is 31.0 Å². The number of carbonyl (C=O) groups is 1. The van der Waals surface area contributed by atoms with Crippen LogP contribution in [0, 0.1) is 0 Å². The monoisotopic (exact) mass is 345 g/mol. The lowest BCUT2D eigenvalue weighted by Gasteiger charge is -2.21. The molecule has 1 saturated heterocycles. The van der Waals surface area contributed by atoms with E-state index in [0.717, 1.165) is 37.0 Å². The Kier molecular flexibility index (Phi) is 3.87. The summed E-state index contributed by atoms with van der Waals surface area (Å²) in [6, 6.07) is 0.172. The van der Waals surface area contributed by atoms with E-state index in [1.165, 1.54) is 0 Å². The van der Waals surface area contributed by atoms with E-state index in [4.69, 9.17) is 4.52 Å². The largest absolute Gasteiger partial charge is 0.381 e. The van der Waals surface area contributed by atoms with Gasteiger partial charge < -0.3 is 14.5 Å². The van der Waals surface area contributed by atoms with Gasteiger partial charge in [0.1, 0.15) is 17.1 Å². The van der Waals surface area contributed by atoms with Gasteiger partial charge in [-0.1, -0.05) is 10.4 Å². The molecule has 4 rings (SSSR count). The summed E-state index contributed by atoms with van der Waals surface area (Å²) < 4.78 is 7.06. The second kappa shape index (κ2) is 5.94. The van der Waals surface area contributed by atoms with Crippen LogP contribution < -0.4 is 0 Å². The Morgan fingerprint density at radius 1 is 1.36 bits per heavy atom. The average molecular weight is 345 g/mol. The third kappa shape index (κ3) is 2.74. The lowest BCUT2D eigenvalue weighted by atomic mass is 9.96. The highest BCUT2D eigenvalue weighted by Gasteiger charge is 2.43. The second-order valence-electron chi connectivity index (χ2n) is 7.33. The highest BCUT2D eigenvalue weighted by molar-refractivity contribution is 5.94. The summed E-state index contributed by atoms with van der Waals surface area (Å²) in [6.07, 6.45) is 6.01. The molecule has 8 heteroatoms. The molecule has 134 valence electrons. The zero-order valence-corrected chi connectivity index (χ0v) is 14.6. The van der Waals surface area contributed by atoms with Gasteiger partial charge in [-0.25, -0.2) is 4.68 Å². The number of amides is 1. The van der Waals surface area contributed by atoms with Crippen molar-refractivity contribution in [2.75, 3.05) is 13.1 Å². The number of hydrogen-bond donors (Lipinski definition) is 1. The van der Waals surface area contributed by atoms with E-state index in [1.807, 2.05) is 13.8 Å². The third-order valence-corrected chi connectivity index (χ3v) is 5.20. The summed E-state index contributed by atoms with van der Waals surface area (Å²) in [5.41, 5.74) is 0.702. The lowest BCUT2D eigenvalue weighted by molar-refractivity contribution is 0.0378. The molecule has 0 bridgehead atoms. The Morgan fingerprint density at radius 3 is 2.92 bits per heavy atom. The van der Waals surface area contributed by atoms with Gasteiger partial charge in [-0.2, -0.15) is 0 Å². The van der Waals surface area contributed by atoms with Crippen LogP contribution in [0.1, 0.15) is 66.7 Å². The predicted octanol–water partition coefficient (Wildman–Crippen LogP) is 1.46. The van der Waals surface area contributed by atoms with Crippen LogP contribution in [0.15, 0.2) is 10.7 Å². The van der Waals surface area contributed by atoms with Crippen molar-refractivity contribution in [3.05, 3.63) is 28.9 Å². The fourth-order valence-electron chi connectivity index (χ4n) is 3.62. The number of fused-ring (bicyclic) bond motifs is 1. The summed E-state index contributed by atoms with van der Waals surface area (Å²) in [4.78, 5) is 14.5. The third-order valence-electron chi connectivity index (χ3n) is 5.20. The van der Waals surface area contributed by atoms with E-state index in [-0.39, 0.29) is 18.5 Å². The molecule has 1 atom stereocenters.